The zero-order valence-corrected chi connectivity index (χ0v) is 14.0. The van der Waals surface area contributed by atoms with Crippen LogP contribution in [0.25, 0.3) is 0 Å². The summed E-state index contributed by atoms with van der Waals surface area (Å²) in [6.45, 7) is 10.8. The summed E-state index contributed by atoms with van der Waals surface area (Å²) in [6.07, 6.45) is 10.4. The molecule has 0 saturated heterocycles. The van der Waals surface area contributed by atoms with Gasteiger partial charge in [-0.1, -0.05) is 19.1 Å². The maximum Gasteiger partial charge on any atom is 0.217 e. The quantitative estimate of drug-likeness (QED) is 0.376. The van der Waals surface area contributed by atoms with E-state index in [1.165, 1.54) is 25.1 Å². The van der Waals surface area contributed by atoms with E-state index in [1.807, 2.05) is 0 Å². The van der Waals surface area contributed by atoms with Crippen molar-refractivity contribution < 1.29 is 9.28 Å². The second kappa shape index (κ2) is 9.72. The van der Waals surface area contributed by atoms with Crippen LogP contribution in [0.4, 0.5) is 0 Å². The van der Waals surface area contributed by atoms with Gasteiger partial charge >= 0.3 is 0 Å². The fourth-order valence-electron chi connectivity index (χ4n) is 2.98. The average molecular weight is 294 g/mol. The molecule has 1 heterocycles. The maximum atomic E-state index is 11.0. The molecule has 0 fully saturated rings. The summed E-state index contributed by atoms with van der Waals surface area (Å²) < 4.78 is 0.977. The first-order chi connectivity index (χ1) is 10.1. The van der Waals surface area contributed by atoms with Gasteiger partial charge in [-0.2, -0.15) is 0 Å². The standard InChI is InChI=1S/C17H31N3O/c1-4-6-7-8-9-10-11-17-19-13-15-20(17,5-2)14-12-18-16(3)21/h6-7H,4-5,8-15H2,1-3H3/p+1/b7-6+. The van der Waals surface area contributed by atoms with Gasteiger partial charge in [-0.25, -0.2) is 4.99 Å². The lowest BCUT2D eigenvalue weighted by atomic mass is 10.1. The molecule has 1 rings (SSSR count). The highest BCUT2D eigenvalue weighted by Crippen LogP contribution is 2.19. The lowest BCUT2D eigenvalue weighted by Crippen LogP contribution is -2.54. The van der Waals surface area contributed by atoms with E-state index >= 15 is 0 Å². The van der Waals surface area contributed by atoms with Gasteiger partial charge in [-0.3, -0.25) is 9.28 Å². The van der Waals surface area contributed by atoms with Crippen LogP contribution in [-0.4, -0.2) is 48.9 Å². The first kappa shape index (κ1) is 17.9. The SMILES string of the molecule is CC/C=C/CCCCC1=NCC[N+]1(CC)CCNC(C)=O. The van der Waals surface area contributed by atoms with Crippen LogP contribution < -0.4 is 5.32 Å². The fourth-order valence-corrected chi connectivity index (χ4v) is 2.98. The molecule has 1 amide bonds. The Morgan fingerprint density at radius 3 is 2.81 bits per heavy atom. The van der Waals surface area contributed by atoms with Crippen LogP contribution in [0.3, 0.4) is 0 Å². The number of amides is 1. The number of rotatable bonds is 10. The molecular formula is C17H32N3O+. The summed E-state index contributed by atoms with van der Waals surface area (Å²) in [6, 6.07) is 0. The molecule has 0 bridgehead atoms. The summed E-state index contributed by atoms with van der Waals surface area (Å²) in [5, 5.41) is 2.92. The van der Waals surface area contributed by atoms with Crippen molar-refractivity contribution in [2.75, 3.05) is 32.7 Å². The highest BCUT2D eigenvalue weighted by atomic mass is 16.1. The molecule has 1 atom stereocenters. The summed E-state index contributed by atoms with van der Waals surface area (Å²) in [4.78, 5) is 15.8. The summed E-state index contributed by atoms with van der Waals surface area (Å²) >= 11 is 0. The number of nitrogens with one attached hydrogen (secondary N) is 1. The Labute approximate surface area is 129 Å². The van der Waals surface area contributed by atoms with Crippen LogP contribution in [0.15, 0.2) is 17.1 Å². The van der Waals surface area contributed by atoms with E-state index in [0.29, 0.717) is 0 Å². The van der Waals surface area contributed by atoms with Crippen molar-refractivity contribution in [3.63, 3.8) is 0 Å². The third-order valence-corrected chi connectivity index (χ3v) is 4.31. The van der Waals surface area contributed by atoms with Gasteiger partial charge in [-0.05, 0) is 32.6 Å². The number of carbonyl (C=O) groups excluding carboxylic acids is 1. The van der Waals surface area contributed by atoms with Gasteiger partial charge in [0, 0.05) is 13.3 Å². The molecule has 1 N–H and O–H groups in total. The van der Waals surface area contributed by atoms with Crippen molar-refractivity contribution in [3.05, 3.63) is 12.2 Å². The van der Waals surface area contributed by atoms with Crippen molar-refractivity contribution in [3.8, 4) is 0 Å². The van der Waals surface area contributed by atoms with Crippen LogP contribution in [0.2, 0.25) is 0 Å². The third kappa shape index (κ3) is 6.00. The number of carbonyl (C=O) groups is 1. The minimum absolute atomic E-state index is 0.0599. The number of likely N-dealkylation sites (N-methyl/N-ethyl adjacent to an activating group) is 1. The Bertz CT molecular complexity index is 376. The largest absolute Gasteiger partial charge is 0.351 e. The monoisotopic (exact) mass is 294 g/mol. The molecule has 0 aromatic rings. The molecule has 1 aliphatic heterocycles. The molecule has 0 saturated carbocycles. The third-order valence-electron chi connectivity index (χ3n) is 4.31. The number of amidine groups is 1. The van der Waals surface area contributed by atoms with E-state index in [2.05, 4.69) is 31.3 Å². The summed E-state index contributed by atoms with van der Waals surface area (Å²) in [5.74, 6) is 1.41. The Morgan fingerprint density at radius 2 is 2.14 bits per heavy atom. The van der Waals surface area contributed by atoms with Crippen LogP contribution in [-0.2, 0) is 4.79 Å². The molecule has 0 aromatic carbocycles. The van der Waals surface area contributed by atoms with Crippen LogP contribution >= 0.6 is 0 Å². The van der Waals surface area contributed by atoms with E-state index in [1.54, 1.807) is 6.92 Å². The second-order valence-corrected chi connectivity index (χ2v) is 5.81. The predicted octanol–water partition coefficient (Wildman–Crippen LogP) is 2.90. The molecule has 0 aliphatic carbocycles. The van der Waals surface area contributed by atoms with E-state index in [9.17, 15) is 4.79 Å². The molecule has 21 heavy (non-hydrogen) atoms. The van der Waals surface area contributed by atoms with E-state index in [4.69, 9.17) is 4.99 Å². The Morgan fingerprint density at radius 1 is 1.33 bits per heavy atom. The Balaban J connectivity index is 2.39. The smallest absolute Gasteiger partial charge is 0.217 e. The van der Waals surface area contributed by atoms with Gasteiger partial charge < -0.3 is 5.32 Å². The number of hydrogen-bond acceptors (Lipinski definition) is 2. The molecular weight excluding hydrogens is 262 g/mol. The molecule has 0 radical (unpaired) electrons. The van der Waals surface area contributed by atoms with E-state index in [-0.39, 0.29) is 5.91 Å². The molecule has 0 spiro atoms. The van der Waals surface area contributed by atoms with Crippen molar-refractivity contribution >= 4 is 11.7 Å². The lowest BCUT2D eigenvalue weighted by molar-refractivity contribution is -0.833. The number of allylic oxidation sites excluding steroid dienone is 2. The lowest BCUT2D eigenvalue weighted by Gasteiger charge is -2.33. The zero-order valence-electron chi connectivity index (χ0n) is 14.0. The average Bonchev–Trinajstić information content (AvgIpc) is 2.86. The van der Waals surface area contributed by atoms with E-state index < -0.39 is 0 Å². The zero-order chi connectivity index (χ0) is 15.6. The highest BCUT2D eigenvalue weighted by Gasteiger charge is 2.35. The Kier molecular flexibility index (Phi) is 8.28. The molecule has 4 nitrogen and oxygen atoms in total. The normalized spacial score (nSPS) is 21.8. The van der Waals surface area contributed by atoms with Gasteiger partial charge in [0.2, 0.25) is 5.91 Å². The molecule has 1 unspecified atom stereocenters. The maximum absolute atomic E-state index is 11.0. The fraction of sp³-hybridized carbons (Fsp3) is 0.765. The van der Waals surface area contributed by atoms with Crippen LogP contribution in [0.1, 0.15) is 52.9 Å². The first-order valence-corrected chi connectivity index (χ1v) is 8.44. The number of nitrogens with zero attached hydrogens (tertiary/aromatic N) is 2. The van der Waals surface area contributed by atoms with Gasteiger partial charge in [0.15, 0.2) is 5.84 Å². The van der Waals surface area contributed by atoms with Crippen molar-refractivity contribution in [2.24, 2.45) is 4.99 Å². The number of hydrogen-bond donors (Lipinski definition) is 1. The predicted molar refractivity (Wildman–Crippen MR) is 89.4 cm³/mol. The topological polar surface area (TPSA) is 41.5 Å². The second-order valence-electron chi connectivity index (χ2n) is 5.81. The van der Waals surface area contributed by atoms with Crippen molar-refractivity contribution in [2.45, 2.75) is 52.9 Å². The van der Waals surface area contributed by atoms with Gasteiger partial charge in [0.05, 0.1) is 19.6 Å². The molecule has 120 valence electrons. The van der Waals surface area contributed by atoms with Crippen LogP contribution in [0, 0.1) is 0 Å². The highest BCUT2D eigenvalue weighted by molar-refractivity contribution is 5.77. The first-order valence-electron chi connectivity index (χ1n) is 8.44. The Hall–Kier alpha value is -1.16. The van der Waals surface area contributed by atoms with Crippen molar-refractivity contribution in [1.82, 2.24) is 5.32 Å². The van der Waals surface area contributed by atoms with E-state index in [0.717, 1.165) is 50.0 Å². The summed E-state index contributed by atoms with van der Waals surface area (Å²) in [5.41, 5.74) is 0. The van der Waals surface area contributed by atoms with Gasteiger partial charge in [0.1, 0.15) is 13.1 Å². The number of quaternary nitrogens is 1. The minimum Gasteiger partial charge on any atom is -0.351 e. The van der Waals surface area contributed by atoms with Gasteiger partial charge in [0.25, 0.3) is 0 Å². The van der Waals surface area contributed by atoms with Gasteiger partial charge in [-0.15, -0.1) is 0 Å². The molecule has 1 aliphatic rings. The number of aliphatic imine (C=N–C) groups is 1. The molecule has 4 heteroatoms. The number of unbranched alkanes of at least 4 members (excludes halogenated alkanes) is 2. The van der Waals surface area contributed by atoms with Crippen molar-refractivity contribution in [1.29, 1.82) is 0 Å². The minimum atomic E-state index is 0.0599. The molecule has 0 aromatic heterocycles. The van der Waals surface area contributed by atoms with Crippen LogP contribution in [0.5, 0.6) is 0 Å². The summed E-state index contributed by atoms with van der Waals surface area (Å²) in [7, 11) is 0.